The summed E-state index contributed by atoms with van der Waals surface area (Å²) < 4.78 is 10.6. The van der Waals surface area contributed by atoms with E-state index in [0.717, 1.165) is 22.6 Å². The average molecular weight is 349 g/mol. The fourth-order valence-electron chi connectivity index (χ4n) is 3.13. The molecular weight excluding hydrogens is 330 g/mol. The Bertz CT molecular complexity index is 933. The first-order valence-electron chi connectivity index (χ1n) is 8.49. The van der Waals surface area contributed by atoms with Crippen molar-refractivity contribution in [1.29, 1.82) is 0 Å². The Morgan fingerprint density at radius 1 is 1.19 bits per heavy atom. The largest absolute Gasteiger partial charge is 0.497 e. The van der Waals surface area contributed by atoms with Gasteiger partial charge in [-0.25, -0.2) is 0 Å². The molecule has 26 heavy (non-hydrogen) atoms. The lowest BCUT2D eigenvalue weighted by Crippen LogP contribution is -2.24. The van der Waals surface area contributed by atoms with Crippen LogP contribution in [0.5, 0.6) is 5.75 Å². The normalized spacial score (nSPS) is 16.9. The highest BCUT2D eigenvalue weighted by atomic mass is 16.5. The number of hydrogen-bond acceptors (Lipinski definition) is 5. The first-order valence-corrected chi connectivity index (χ1v) is 8.49. The van der Waals surface area contributed by atoms with Gasteiger partial charge in [0.25, 0.3) is 5.89 Å². The van der Waals surface area contributed by atoms with E-state index >= 15 is 0 Å². The molecular formula is C20H19N3O3. The van der Waals surface area contributed by atoms with Crippen LogP contribution in [0.15, 0.2) is 53.1 Å². The standard InChI is InChI=1S/C20H19N3O3/c1-13-6-8-16(9-7-13)23-12-15(11-18(23)24)19-21-20(26-22-19)14-4-3-5-17(10-14)25-2/h3-10,15H,11-12H2,1-2H3/t15-/m1/s1. The van der Waals surface area contributed by atoms with Crippen LogP contribution in [0.25, 0.3) is 11.5 Å². The molecule has 1 aliphatic heterocycles. The zero-order valence-electron chi connectivity index (χ0n) is 14.7. The average Bonchev–Trinajstić information content (AvgIpc) is 3.29. The summed E-state index contributed by atoms with van der Waals surface area (Å²) in [5, 5.41) is 4.10. The number of rotatable bonds is 4. The first-order chi connectivity index (χ1) is 12.6. The van der Waals surface area contributed by atoms with Gasteiger partial charge in [0.1, 0.15) is 5.75 Å². The summed E-state index contributed by atoms with van der Waals surface area (Å²) in [5.74, 6) is 1.72. The molecule has 2 aromatic carbocycles. The Labute approximate surface area is 151 Å². The molecule has 0 spiro atoms. The predicted octanol–water partition coefficient (Wildman–Crippen LogP) is 3.57. The van der Waals surface area contributed by atoms with Crippen molar-refractivity contribution >= 4 is 11.6 Å². The first kappa shape index (κ1) is 16.3. The van der Waals surface area contributed by atoms with Gasteiger partial charge in [0, 0.05) is 30.1 Å². The summed E-state index contributed by atoms with van der Waals surface area (Å²) in [5.41, 5.74) is 2.86. The summed E-state index contributed by atoms with van der Waals surface area (Å²) in [4.78, 5) is 18.7. The van der Waals surface area contributed by atoms with Crippen LogP contribution in [0.4, 0.5) is 5.69 Å². The molecule has 1 amide bonds. The molecule has 4 rings (SSSR count). The number of benzene rings is 2. The van der Waals surface area contributed by atoms with Crippen LogP contribution in [0.2, 0.25) is 0 Å². The highest BCUT2D eigenvalue weighted by Crippen LogP contribution is 2.32. The van der Waals surface area contributed by atoms with Crippen molar-refractivity contribution < 1.29 is 14.1 Å². The van der Waals surface area contributed by atoms with Gasteiger partial charge in [-0.05, 0) is 37.3 Å². The number of carbonyl (C=O) groups is 1. The van der Waals surface area contributed by atoms with Crippen LogP contribution < -0.4 is 9.64 Å². The van der Waals surface area contributed by atoms with Gasteiger partial charge in [0.05, 0.1) is 7.11 Å². The van der Waals surface area contributed by atoms with E-state index in [0.29, 0.717) is 24.7 Å². The van der Waals surface area contributed by atoms with E-state index in [1.165, 1.54) is 0 Å². The van der Waals surface area contributed by atoms with E-state index < -0.39 is 0 Å². The van der Waals surface area contributed by atoms with Gasteiger partial charge in [-0.3, -0.25) is 4.79 Å². The minimum Gasteiger partial charge on any atom is -0.497 e. The number of carbonyl (C=O) groups excluding carboxylic acids is 1. The van der Waals surface area contributed by atoms with E-state index in [9.17, 15) is 4.79 Å². The Balaban J connectivity index is 1.54. The molecule has 0 bridgehead atoms. The number of aryl methyl sites for hydroxylation is 1. The molecule has 2 heterocycles. The molecule has 6 heteroatoms. The van der Waals surface area contributed by atoms with Crippen LogP contribution in [0.1, 0.15) is 23.7 Å². The second-order valence-corrected chi connectivity index (χ2v) is 6.43. The molecule has 1 aromatic heterocycles. The molecule has 1 atom stereocenters. The minimum atomic E-state index is -0.0769. The van der Waals surface area contributed by atoms with E-state index in [-0.39, 0.29) is 11.8 Å². The second kappa shape index (κ2) is 6.63. The molecule has 1 aliphatic rings. The van der Waals surface area contributed by atoms with E-state index in [4.69, 9.17) is 9.26 Å². The van der Waals surface area contributed by atoms with Crippen molar-refractivity contribution in [2.75, 3.05) is 18.6 Å². The summed E-state index contributed by atoms with van der Waals surface area (Å²) >= 11 is 0. The van der Waals surface area contributed by atoms with Crippen LogP contribution in [-0.4, -0.2) is 29.7 Å². The zero-order valence-corrected chi connectivity index (χ0v) is 14.7. The maximum Gasteiger partial charge on any atom is 0.258 e. The van der Waals surface area contributed by atoms with Gasteiger partial charge < -0.3 is 14.2 Å². The van der Waals surface area contributed by atoms with Crippen LogP contribution in [0.3, 0.4) is 0 Å². The molecule has 3 aromatic rings. The number of hydrogen-bond donors (Lipinski definition) is 0. The Morgan fingerprint density at radius 3 is 2.77 bits per heavy atom. The van der Waals surface area contributed by atoms with Gasteiger partial charge in [-0.2, -0.15) is 4.98 Å². The van der Waals surface area contributed by atoms with Gasteiger partial charge in [-0.15, -0.1) is 0 Å². The predicted molar refractivity (Wildman–Crippen MR) is 97.2 cm³/mol. The van der Waals surface area contributed by atoms with Crippen molar-refractivity contribution in [2.24, 2.45) is 0 Å². The van der Waals surface area contributed by atoms with Crippen LogP contribution >= 0.6 is 0 Å². The molecule has 132 valence electrons. The van der Waals surface area contributed by atoms with Gasteiger partial charge in [-0.1, -0.05) is 28.9 Å². The third-order valence-electron chi connectivity index (χ3n) is 4.59. The monoisotopic (exact) mass is 349 g/mol. The zero-order chi connectivity index (χ0) is 18.1. The number of anilines is 1. The SMILES string of the molecule is COc1cccc(-c2nc([C@@H]3CC(=O)N(c4ccc(C)cc4)C3)no2)c1. The fourth-order valence-corrected chi connectivity index (χ4v) is 3.13. The number of aromatic nitrogens is 2. The smallest absolute Gasteiger partial charge is 0.258 e. The number of nitrogens with zero attached hydrogens (tertiary/aromatic N) is 3. The molecule has 0 aliphatic carbocycles. The molecule has 0 saturated carbocycles. The highest BCUT2D eigenvalue weighted by molar-refractivity contribution is 5.96. The van der Waals surface area contributed by atoms with Crippen molar-refractivity contribution in [3.63, 3.8) is 0 Å². The summed E-state index contributed by atoms with van der Waals surface area (Å²) in [7, 11) is 1.61. The quantitative estimate of drug-likeness (QED) is 0.720. The lowest BCUT2D eigenvalue weighted by molar-refractivity contribution is -0.117. The molecule has 0 unspecified atom stereocenters. The van der Waals surface area contributed by atoms with Gasteiger partial charge in [0.2, 0.25) is 5.91 Å². The third kappa shape index (κ3) is 3.06. The summed E-state index contributed by atoms with van der Waals surface area (Å²) in [6, 6.07) is 15.4. The number of amides is 1. The Morgan fingerprint density at radius 2 is 2.00 bits per heavy atom. The van der Waals surface area contributed by atoms with Gasteiger partial charge in [0.15, 0.2) is 5.82 Å². The minimum absolute atomic E-state index is 0.0755. The molecule has 0 N–H and O–H groups in total. The third-order valence-corrected chi connectivity index (χ3v) is 4.59. The summed E-state index contributed by atoms with van der Waals surface area (Å²) in [6.07, 6.45) is 0.380. The van der Waals surface area contributed by atoms with Crippen LogP contribution in [-0.2, 0) is 4.79 Å². The Hall–Kier alpha value is -3.15. The maximum atomic E-state index is 12.4. The Kier molecular flexibility index (Phi) is 4.16. The van der Waals surface area contributed by atoms with Crippen LogP contribution in [0, 0.1) is 6.92 Å². The summed E-state index contributed by atoms with van der Waals surface area (Å²) in [6.45, 7) is 2.58. The van der Waals surface area contributed by atoms with Crippen molar-refractivity contribution in [3.8, 4) is 17.2 Å². The van der Waals surface area contributed by atoms with E-state index in [2.05, 4.69) is 10.1 Å². The highest BCUT2D eigenvalue weighted by Gasteiger charge is 2.34. The number of methoxy groups -OCH3 is 1. The molecule has 1 fully saturated rings. The van der Waals surface area contributed by atoms with Crippen molar-refractivity contribution in [1.82, 2.24) is 10.1 Å². The van der Waals surface area contributed by atoms with E-state index in [1.807, 2.05) is 55.5 Å². The second-order valence-electron chi connectivity index (χ2n) is 6.43. The fraction of sp³-hybridized carbons (Fsp3) is 0.250. The van der Waals surface area contributed by atoms with E-state index in [1.54, 1.807) is 12.0 Å². The lowest BCUT2D eigenvalue weighted by atomic mass is 10.1. The number of ether oxygens (including phenoxy) is 1. The van der Waals surface area contributed by atoms with Crippen molar-refractivity contribution in [3.05, 3.63) is 59.9 Å². The maximum absolute atomic E-state index is 12.4. The lowest BCUT2D eigenvalue weighted by Gasteiger charge is -2.16. The molecule has 6 nitrogen and oxygen atoms in total. The van der Waals surface area contributed by atoms with Crippen molar-refractivity contribution in [2.45, 2.75) is 19.3 Å². The topological polar surface area (TPSA) is 68.5 Å². The molecule has 1 saturated heterocycles. The van der Waals surface area contributed by atoms with Gasteiger partial charge >= 0.3 is 0 Å². The molecule has 0 radical (unpaired) electrons.